The lowest BCUT2D eigenvalue weighted by atomic mass is 10.1. The van der Waals surface area contributed by atoms with Crippen LogP contribution in [-0.4, -0.2) is 67.1 Å². The van der Waals surface area contributed by atoms with Gasteiger partial charge in [-0.2, -0.15) is 0 Å². The van der Waals surface area contributed by atoms with E-state index in [2.05, 4.69) is 9.88 Å². The molecule has 0 aliphatic carbocycles. The van der Waals surface area contributed by atoms with Gasteiger partial charge in [0.15, 0.2) is 17.8 Å². The van der Waals surface area contributed by atoms with Crippen LogP contribution in [0.5, 0.6) is 0 Å². The quantitative estimate of drug-likeness (QED) is 0.829. The number of amides is 1. The molecule has 0 radical (unpaired) electrons. The first-order valence-electron chi connectivity index (χ1n) is 7.89. The molecule has 0 unspecified atom stereocenters. The first-order chi connectivity index (χ1) is 11.7. The standard InChI is InChI=1S/C17H20ClN3O3/c1-23-11-10-20-6-8-21(9-7-20)17(22)15-16(24-12-19-15)13-4-2-3-5-14(13)18/h2-5,12H,6-11H2,1H3. The van der Waals surface area contributed by atoms with E-state index in [4.69, 9.17) is 20.8 Å². The predicted molar refractivity (Wildman–Crippen MR) is 91.2 cm³/mol. The van der Waals surface area contributed by atoms with Gasteiger partial charge in [-0.05, 0) is 12.1 Å². The van der Waals surface area contributed by atoms with Crippen LogP contribution in [0.1, 0.15) is 10.5 Å². The molecular weight excluding hydrogens is 330 g/mol. The SMILES string of the molecule is COCCN1CCN(C(=O)c2ncoc2-c2ccccc2Cl)CC1. The predicted octanol–water partition coefficient (Wildman–Crippen LogP) is 2.40. The second kappa shape index (κ2) is 7.79. The number of rotatable bonds is 5. The fourth-order valence-corrected chi connectivity index (χ4v) is 3.00. The van der Waals surface area contributed by atoms with Crippen LogP contribution < -0.4 is 0 Å². The molecule has 2 aromatic rings. The summed E-state index contributed by atoms with van der Waals surface area (Å²) in [7, 11) is 1.70. The summed E-state index contributed by atoms with van der Waals surface area (Å²) in [6.07, 6.45) is 1.29. The number of methoxy groups -OCH3 is 1. The van der Waals surface area contributed by atoms with Gasteiger partial charge in [0.25, 0.3) is 5.91 Å². The molecule has 0 N–H and O–H groups in total. The van der Waals surface area contributed by atoms with Crippen molar-refractivity contribution in [2.24, 2.45) is 0 Å². The molecule has 1 amide bonds. The number of oxazole rings is 1. The number of benzene rings is 1. The van der Waals surface area contributed by atoms with Crippen LogP contribution in [0.3, 0.4) is 0 Å². The van der Waals surface area contributed by atoms with E-state index in [1.807, 2.05) is 23.1 Å². The summed E-state index contributed by atoms with van der Waals surface area (Å²) in [5, 5.41) is 0.535. The summed E-state index contributed by atoms with van der Waals surface area (Å²) < 4.78 is 10.5. The van der Waals surface area contributed by atoms with E-state index in [9.17, 15) is 4.79 Å². The van der Waals surface area contributed by atoms with Crippen molar-refractivity contribution in [3.63, 3.8) is 0 Å². The van der Waals surface area contributed by atoms with Crippen molar-refractivity contribution in [3.05, 3.63) is 41.4 Å². The van der Waals surface area contributed by atoms with Crippen molar-refractivity contribution in [2.45, 2.75) is 0 Å². The fourth-order valence-electron chi connectivity index (χ4n) is 2.78. The Bertz CT molecular complexity index is 696. The van der Waals surface area contributed by atoms with E-state index in [0.29, 0.717) is 41.7 Å². The van der Waals surface area contributed by atoms with Crippen molar-refractivity contribution in [2.75, 3.05) is 46.4 Å². The number of carbonyl (C=O) groups excluding carboxylic acids is 1. The van der Waals surface area contributed by atoms with Gasteiger partial charge in [0.2, 0.25) is 0 Å². The van der Waals surface area contributed by atoms with Crippen LogP contribution in [0.2, 0.25) is 5.02 Å². The Labute approximate surface area is 146 Å². The summed E-state index contributed by atoms with van der Waals surface area (Å²) >= 11 is 6.21. The summed E-state index contributed by atoms with van der Waals surface area (Å²) in [4.78, 5) is 21.0. The van der Waals surface area contributed by atoms with E-state index in [-0.39, 0.29) is 5.91 Å². The Morgan fingerprint density at radius 3 is 2.75 bits per heavy atom. The molecule has 24 heavy (non-hydrogen) atoms. The number of ether oxygens (including phenoxy) is 1. The summed E-state index contributed by atoms with van der Waals surface area (Å²) in [6, 6.07) is 7.28. The molecule has 1 aromatic heterocycles. The molecule has 0 bridgehead atoms. The largest absolute Gasteiger partial charge is 0.443 e. The normalized spacial score (nSPS) is 15.7. The Morgan fingerprint density at radius 2 is 2.04 bits per heavy atom. The molecule has 1 saturated heterocycles. The first-order valence-corrected chi connectivity index (χ1v) is 8.27. The third-order valence-electron chi connectivity index (χ3n) is 4.16. The Balaban J connectivity index is 1.71. The summed E-state index contributed by atoms with van der Waals surface area (Å²) in [5.74, 6) is 0.303. The fraction of sp³-hybridized carbons (Fsp3) is 0.412. The Hall–Kier alpha value is -1.89. The van der Waals surface area contributed by atoms with Gasteiger partial charge in [0.1, 0.15) is 0 Å². The van der Waals surface area contributed by atoms with E-state index in [1.165, 1.54) is 6.39 Å². The maximum Gasteiger partial charge on any atom is 0.276 e. The number of piperazine rings is 1. The van der Waals surface area contributed by atoms with Gasteiger partial charge in [0.05, 0.1) is 11.6 Å². The van der Waals surface area contributed by atoms with E-state index in [1.54, 1.807) is 13.2 Å². The number of hydrogen-bond donors (Lipinski definition) is 0. The van der Waals surface area contributed by atoms with Crippen molar-refractivity contribution in [3.8, 4) is 11.3 Å². The van der Waals surface area contributed by atoms with Gasteiger partial charge >= 0.3 is 0 Å². The van der Waals surface area contributed by atoms with Gasteiger partial charge in [-0.25, -0.2) is 4.98 Å². The highest BCUT2D eigenvalue weighted by Crippen LogP contribution is 2.30. The minimum absolute atomic E-state index is 0.120. The summed E-state index contributed by atoms with van der Waals surface area (Å²) in [6.45, 7) is 4.57. The molecule has 0 spiro atoms. The lowest BCUT2D eigenvalue weighted by Crippen LogP contribution is -2.49. The highest BCUT2D eigenvalue weighted by atomic mass is 35.5. The number of aromatic nitrogens is 1. The van der Waals surface area contributed by atoms with Crippen molar-refractivity contribution in [1.29, 1.82) is 0 Å². The van der Waals surface area contributed by atoms with Gasteiger partial charge in [-0.15, -0.1) is 0 Å². The zero-order chi connectivity index (χ0) is 16.9. The van der Waals surface area contributed by atoms with Gasteiger partial charge < -0.3 is 14.1 Å². The Kier molecular flexibility index (Phi) is 5.50. The average Bonchev–Trinajstić information content (AvgIpc) is 3.09. The second-order valence-corrected chi connectivity index (χ2v) is 6.04. The van der Waals surface area contributed by atoms with Crippen LogP contribution in [0.4, 0.5) is 0 Å². The number of carbonyl (C=O) groups is 1. The first kappa shape index (κ1) is 17.0. The zero-order valence-corrected chi connectivity index (χ0v) is 14.3. The molecule has 128 valence electrons. The number of halogens is 1. The monoisotopic (exact) mass is 349 g/mol. The van der Waals surface area contributed by atoms with Crippen LogP contribution in [0, 0.1) is 0 Å². The molecule has 1 aliphatic rings. The molecule has 2 heterocycles. The molecule has 0 atom stereocenters. The molecule has 0 saturated carbocycles. The molecule has 1 aromatic carbocycles. The van der Waals surface area contributed by atoms with E-state index >= 15 is 0 Å². The number of nitrogens with zero attached hydrogens (tertiary/aromatic N) is 3. The molecule has 1 fully saturated rings. The molecule has 7 heteroatoms. The second-order valence-electron chi connectivity index (χ2n) is 5.64. The zero-order valence-electron chi connectivity index (χ0n) is 13.6. The molecule has 6 nitrogen and oxygen atoms in total. The number of hydrogen-bond acceptors (Lipinski definition) is 5. The van der Waals surface area contributed by atoms with Crippen LogP contribution in [-0.2, 0) is 4.74 Å². The molecule has 3 rings (SSSR count). The van der Waals surface area contributed by atoms with Crippen molar-refractivity contribution < 1.29 is 13.9 Å². The van der Waals surface area contributed by atoms with Gasteiger partial charge in [0, 0.05) is 45.4 Å². The molecule has 1 aliphatic heterocycles. The Morgan fingerprint density at radius 1 is 1.29 bits per heavy atom. The van der Waals surface area contributed by atoms with E-state index < -0.39 is 0 Å². The maximum absolute atomic E-state index is 12.8. The van der Waals surface area contributed by atoms with Crippen molar-refractivity contribution in [1.82, 2.24) is 14.8 Å². The van der Waals surface area contributed by atoms with Gasteiger partial charge in [-0.3, -0.25) is 9.69 Å². The minimum Gasteiger partial charge on any atom is -0.443 e. The van der Waals surface area contributed by atoms with Crippen LogP contribution >= 0.6 is 11.6 Å². The third kappa shape index (κ3) is 3.61. The minimum atomic E-state index is -0.120. The smallest absolute Gasteiger partial charge is 0.276 e. The third-order valence-corrected chi connectivity index (χ3v) is 4.49. The lowest BCUT2D eigenvalue weighted by Gasteiger charge is -2.34. The van der Waals surface area contributed by atoms with Crippen LogP contribution in [0.15, 0.2) is 35.1 Å². The van der Waals surface area contributed by atoms with Gasteiger partial charge in [-0.1, -0.05) is 23.7 Å². The lowest BCUT2D eigenvalue weighted by molar-refractivity contribution is 0.0590. The average molecular weight is 350 g/mol. The summed E-state index contributed by atoms with van der Waals surface area (Å²) in [5.41, 5.74) is 0.993. The van der Waals surface area contributed by atoms with Crippen LogP contribution in [0.25, 0.3) is 11.3 Å². The van der Waals surface area contributed by atoms with Crippen molar-refractivity contribution >= 4 is 17.5 Å². The molecular formula is C17H20ClN3O3. The highest BCUT2D eigenvalue weighted by molar-refractivity contribution is 6.33. The highest BCUT2D eigenvalue weighted by Gasteiger charge is 2.27. The maximum atomic E-state index is 12.8. The topological polar surface area (TPSA) is 58.8 Å². The van der Waals surface area contributed by atoms with E-state index in [0.717, 1.165) is 19.6 Å².